The van der Waals surface area contributed by atoms with E-state index in [0.717, 1.165) is 9.80 Å². The second kappa shape index (κ2) is 19.2. The van der Waals surface area contributed by atoms with Crippen molar-refractivity contribution in [2.24, 2.45) is 16.5 Å². The van der Waals surface area contributed by atoms with Gasteiger partial charge in [0, 0.05) is 13.0 Å². The average molecular weight is 784 g/mol. The molecular formula is C36H49N9O11. The number of carbonyl (C=O) groups is 6. The highest BCUT2D eigenvalue weighted by Crippen LogP contribution is 2.37. The minimum absolute atomic E-state index is 0.0152. The van der Waals surface area contributed by atoms with Gasteiger partial charge in [-0.2, -0.15) is 0 Å². The number of aliphatic imine (C=N–C) groups is 1. The lowest BCUT2D eigenvalue weighted by atomic mass is 9.84. The van der Waals surface area contributed by atoms with Gasteiger partial charge < -0.3 is 52.9 Å². The molecule has 0 aromatic heterocycles. The third-order valence-electron chi connectivity index (χ3n) is 9.36. The van der Waals surface area contributed by atoms with Gasteiger partial charge in [-0.05, 0) is 70.4 Å². The lowest BCUT2D eigenvalue weighted by molar-refractivity contribution is -0.539. The molecule has 0 saturated heterocycles. The maximum absolute atomic E-state index is 13.2. The Morgan fingerprint density at radius 1 is 0.875 bits per heavy atom. The SMILES string of the molecule is CC1(C)N(O)C(c2ccc(OCC(=O)N[C@@H](CCCN=C(N)N)C(=O)NCC(=O)N[C@@H](CC(=O)O)C(=O)N[C@@H](Cc3ccccc3)C(=O)O)cc2)=[N+]([O-])C1(C)C. The van der Waals surface area contributed by atoms with Crippen LogP contribution < -0.4 is 37.5 Å². The van der Waals surface area contributed by atoms with Gasteiger partial charge in [-0.3, -0.25) is 33.7 Å². The highest BCUT2D eigenvalue weighted by atomic mass is 16.5. The van der Waals surface area contributed by atoms with Crippen molar-refractivity contribution in [3.63, 3.8) is 0 Å². The van der Waals surface area contributed by atoms with Crippen molar-refractivity contribution < 1.29 is 53.7 Å². The molecule has 0 saturated carbocycles. The van der Waals surface area contributed by atoms with Crippen LogP contribution >= 0.6 is 0 Å². The number of nitrogens with zero attached hydrogens (tertiary/aromatic N) is 3. The molecule has 0 bridgehead atoms. The number of ether oxygens (including phenoxy) is 1. The van der Waals surface area contributed by atoms with Crippen molar-refractivity contribution in [1.82, 2.24) is 26.3 Å². The number of hydrogen-bond acceptors (Lipinski definition) is 11. The second-order valence-electron chi connectivity index (χ2n) is 14.0. The number of hydrogen-bond donors (Lipinski definition) is 9. The first-order valence-corrected chi connectivity index (χ1v) is 17.5. The van der Waals surface area contributed by atoms with Crippen LogP contribution in [0, 0.1) is 5.21 Å². The number of nitrogens with two attached hydrogens (primary N) is 2. The summed E-state index contributed by atoms with van der Waals surface area (Å²) >= 11 is 0. The van der Waals surface area contributed by atoms with Gasteiger partial charge in [-0.15, -0.1) is 5.06 Å². The van der Waals surface area contributed by atoms with Crippen molar-refractivity contribution >= 4 is 47.4 Å². The van der Waals surface area contributed by atoms with Crippen molar-refractivity contribution in [1.29, 1.82) is 0 Å². The molecule has 0 radical (unpaired) electrons. The number of hydroxylamine groups is 3. The van der Waals surface area contributed by atoms with E-state index in [1.165, 1.54) is 12.1 Å². The molecule has 0 spiro atoms. The number of nitrogens with one attached hydrogen (secondary N) is 4. The first-order valence-electron chi connectivity index (χ1n) is 17.5. The number of guanidine groups is 1. The highest BCUT2D eigenvalue weighted by Gasteiger charge is 2.58. The van der Waals surface area contributed by atoms with Gasteiger partial charge in [0.2, 0.25) is 17.7 Å². The zero-order chi connectivity index (χ0) is 41.8. The number of aliphatic carboxylic acids is 2. The second-order valence-corrected chi connectivity index (χ2v) is 14.0. The molecule has 20 heteroatoms. The Bertz CT molecular complexity index is 1810. The van der Waals surface area contributed by atoms with Crippen molar-refractivity contribution in [3.05, 3.63) is 70.9 Å². The summed E-state index contributed by atoms with van der Waals surface area (Å²) in [5, 5.41) is 52.9. The zero-order valence-corrected chi connectivity index (χ0v) is 31.5. The Kier molecular flexibility index (Phi) is 15.1. The maximum Gasteiger partial charge on any atom is 0.326 e. The van der Waals surface area contributed by atoms with Gasteiger partial charge in [0.1, 0.15) is 29.4 Å². The third kappa shape index (κ3) is 11.8. The molecule has 0 aliphatic carbocycles. The topological polar surface area (TPSA) is 314 Å². The van der Waals surface area contributed by atoms with E-state index in [1.54, 1.807) is 70.2 Å². The number of amides is 4. The van der Waals surface area contributed by atoms with Crippen molar-refractivity contribution in [2.45, 2.75) is 82.6 Å². The quantitative estimate of drug-likeness (QED) is 0.0256. The monoisotopic (exact) mass is 783 g/mol. The number of carboxylic acids is 2. The highest BCUT2D eigenvalue weighted by molar-refractivity contribution is 5.96. The fraction of sp³-hybridized carbons (Fsp3) is 0.444. The number of carbonyl (C=O) groups excluding carboxylic acids is 4. The molecule has 0 unspecified atom stereocenters. The molecule has 2 aromatic carbocycles. The molecule has 20 nitrogen and oxygen atoms in total. The van der Waals surface area contributed by atoms with E-state index >= 15 is 0 Å². The molecule has 1 heterocycles. The van der Waals surface area contributed by atoms with Crippen LogP contribution in [0.25, 0.3) is 0 Å². The molecule has 3 atom stereocenters. The fourth-order valence-electron chi connectivity index (χ4n) is 5.46. The van der Waals surface area contributed by atoms with Crippen LogP contribution in [0.15, 0.2) is 59.6 Å². The lowest BCUT2D eigenvalue weighted by Crippen LogP contribution is -2.55. The van der Waals surface area contributed by atoms with Gasteiger partial charge in [-0.1, -0.05) is 30.3 Å². The Hall–Kier alpha value is -6.44. The molecule has 1 aliphatic rings. The van der Waals surface area contributed by atoms with Crippen LogP contribution in [0.3, 0.4) is 0 Å². The van der Waals surface area contributed by atoms with Gasteiger partial charge in [0.25, 0.3) is 5.91 Å². The molecule has 56 heavy (non-hydrogen) atoms. The van der Waals surface area contributed by atoms with E-state index in [0.29, 0.717) is 11.1 Å². The lowest BCUT2D eigenvalue weighted by Gasteiger charge is -2.33. The van der Waals surface area contributed by atoms with Crippen LogP contribution in [0.5, 0.6) is 5.75 Å². The summed E-state index contributed by atoms with van der Waals surface area (Å²) in [6.07, 6.45) is -0.755. The predicted molar refractivity (Wildman–Crippen MR) is 200 cm³/mol. The van der Waals surface area contributed by atoms with Crippen LogP contribution in [0.1, 0.15) is 58.1 Å². The average Bonchev–Trinajstić information content (AvgIpc) is 3.25. The Morgan fingerprint density at radius 3 is 2.05 bits per heavy atom. The largest absolute Gasteiger partial charge is 0.714 e. The Balaban J connectivity index is 1.61. The molecular weight excluding hydrogens is 734 g/mol. The summed E-state index contributed by atoms with van der Waals surface area (Å²) in [4.78, 5) is 79.0. The summed E-state index contributed by atoms with van der Waals surface area (Å²) in [6.45, 7) is 5.72. The third-order valence-corrected chi connectivity index (χ3v) is 9.36. The molecule has 11 N–H and O–H groups in total. The Labute approximate surface area is 322 Å². The van der Waals surface area contributed by atoms with Crippen LogP contribution in [0.4, 0.5) is 0 Å². The first-order chi connectivity index (χ1) is 26.2. The number of carboxylic acid groups (broad SMARTS) is 2. The van der Waals surface area contributed by atoms with Gasteiger partial charge in [0.05, 0.1) is 18.5 Å². The van der Waals surface area contributed by atoms with Crippen LogP contribution in [0.2, 0.25) is 0 Å². The van der Waals surface area contributed by atoms with Crippen molar-refractivity contribution in [2.75, 3.05) is 19.7 Å². The standard InChI is InChI=1S/C36H49N9O11/c1-35(2)36(3,4)45(55)32(44(35)54)22-12-14-23(15-13-22)56-20-28(47)41-24(11-8-16-39-34(37)38)30(50)40-19-27(46)42-25(18-29(48)49)31(51)43-26(33(52)53)17-21-9-6-5-7-10-21/h5-7,9-10,12-15,24-26,54H,8,11,16-20H2,1-4H3,(H,40,50)(H,41,47)(H,42,46)(H,43,51)(H,48,49)(H,52,53)(H4,37,38,39)/t24-,25-,26-/m0/s1. The van der Waals surface area contributed by atoms with E-state index in [9.17, 15) is 49.4 Å². The first kappa shape index (κ1) is 44.0. The minimum atomic E-state index is -1.69. The molecule has 3 rings (SSSR count). The number of benzene rings is 2. The molecule has 1 aliphatic heterocycles. The predicted octanol–water partition coefficient (Wildman–Crippen LogP) is -0.989. The summed E-state index contributed by atoms with van der Waals surface area (Å²) in [5.74, 6) is -6.32. The minimum Gasteiger partial charge on any atom is -0.714 e. The normalized spacial score (nSPS) is 15.8. The molecule has 304 valence electrons. The van der Waals surface area contributed by atoms with Gasteiger partial charge >= 0.3 is 17.8 Å². The fourth-order valence-corrected chi connectivity index (χ4v) is 5.46. The summed E-state index contributed by atoms with van der Waals surface area (Å²) in [5.41, 5.74) is 9.87. The van der Waals surface area contributed by atoms with E-state index in [2.05, 4.69) is 26.3 Å². The van der Waals surface area contributed by atoms with Crippen molar-refractivity contribution in [3.8, 4) is 5.75 Å². The zero-order valence-electron chi connectivity index (χ0n) is 31.5. The van der Waals surface area contributed by atoms with E-state index in [4.69, 9.17) is 16.2 Å². The maximum atomic E-state index is 13.2. The van der Waals surface area contributed by atoms with E-state index < -0.39 is 84.3 Å². The summed E-state index contributed by atoms with van der Waals surface area (Å²) in [6, 6.07) is 10.1. The molecule has 2 aromatic rings. The Morgan fingerprint density at radius 2 is 1.50 bits per heavy atom. The van der Waals surface area contributed by atoms with E-state index in [1.807, 2.05) is 0 Å². The summed E-state index contributed by atoms with van der Waals surface area (Å²) in [7, 11) is 0. The summed E-state index contributed by atoms with van der Waals surface area (Å²) < 4.78 is 6.30. The number of rotatable bonds is 20. The van der Waals surface area contributed by atoms with Gasteiger partial charge in [0.15, 0.2) is 18.1 Å². The van der Waals surface area contributed by atoms with Gasteiger partial charge in [-0.25, -0.2) is 10.0 Å². The molecule has 4 amide bonds. The van der Waals surface area contributed by atoms with Crippen LogP contribution in [-0.2, 0) is 35.2 Å². The van der Waals surface area contributed by atoms with Crippen LogP contribution in [-0.4, -0.2) is 121 Å². The molecule has 0 fully saturated rings. The van der Waals surface area contributed by atoms with E-state index in [-0.39, 0.29) is 43.4 Å². The number of amidine groups is 1. The smallest absolute Gasteiger partial charge is 0.326 e.